The SMILES string of the molecule is CN1CCCN(C)CC(=O)NCCCNC(=O)C1. The van der Waals surface area contributed by atoms with Crippen molar-refractivity contribution in [3.05, 3.63) is 0 Å². The highest BCUT2D eigenvalue weighted by Crippen LogP contribution is 1.92. The number of hydrogen-bond acceptors (Lipinski definition) is 4. The van der Waals surface area contributed by atoms with Crippen molar-refractivity contribution in [3.63, 3.8) is 0 Å². The van der Waals surface area contributed by atoms with Crippen molar-refractivity contribution in [3.8, 4) is 0 Å². The summed E-state index contributed by atoms with van der Waals surface area (Å²) in [4.78, 5) is 27.1. The second kappa shape index (κ2) is 8.05. The van der Waals surface area contributed by atoms with Crippen molar-refractivity contribution in [1.29, 1.82) is 0 Å². The first-order chi connectivity index (χ1) is 8.58. The molecule has 1 rings (SSSR count). The van der Waals surface area contributed by atoms with Crippen molar-refractivity contribution in [2.75, 3.05) is 53.4 Å². The Kier molecular flexibility index (Phi) is 6.67. The van der Waals surface area contributed by atoms with E-state index in [0.717, 1.165) is 25.9 Å². The van der Waals surface area contributed by atoms with Crippen LogP contribution in [0.5, 0.6) is 0 Å². The minimum Gasteiger partial charge on any atom is -0.355 e. The van der Waals surface area contributed by atoms with Gasteiger partial charge in [0.15, 0.2) is 0 Å². The van der Waals surface area contributed by atoms with E-state index in [0.29, 0.717) is 26.2 Å². The van der Waals surface area contributed by atoms with Crippen LogP contribution in [0.25, 0.3) is 0 Å². The van der Waals surface area contributed by atoms with Crippen molar-refractivity contribution in [2.45, 2.75) is 12.8 Å². The third-order valence-corrected chi connectivity index (χ3v) is 2.90. The quantitative estimate of drug-likeness (QED) is 0.576. The molecule has 0 spiro atoms. The predicted octanol–water partition coefficient (Wildman–Crippen LogP) is -1.12. The molecule has 0 saturated carbocycles. The molecule has 2 N–H and O–H groups in total. The zero-order valence-corrected chi connectivity index (χ0v) is 11.4. The molecule has 0 radical (unpaired) electrons. The Hall–Kier alpha value is -1.14. The van der Waals surface area contributed by atoms with Crippen LogP contribution in [0.15, 0.2) is 0 Å². The van der Waals surface area contributed by atoms with Gasteiger partial charge >= 0.3 is 0 Å². The summed E-state index contributed by atoms with van der Waals surface area (Å²) in [5.41, 5.74) is 0. The summed E-state index contributed by atoms with van der Waals surface area (Å²) in [5.74, 6) is 0.100. The standard InChI is InChI=1S/C12H24N4O2/c1-15-7-4-8-16(2)10-12(18)14-6-3-5-13-11(17)9-15/h3-10H2,1-2H3,(H,13,17)(H,14,18). The van der Waals surface area contributed by atoms with E-state index in [4.69, 9.17) is 0 Å². The van der Waals surface area contributed by atoms with Crippen LogP contribution in [0, 0.1) is 0 Å². The lowest BCUT2D eigenvalue weighted by Gasteiger charge is -2.20. The Morgan fingerprint density at radius 3 is 1.72 bits per heavy atom. The summed E-state index contributed by atoms with van der Waals surface area (Å²) in [6.45, 7) is 3.83. The molecule has 6 heteroatoms. The summed E-state index contributed by atoms with van der Waals surface area (Å²) in [6.07, 6.45) is 1.72. The fourth-order valence-electron chi connectivity index (χ4n) is 1.91. The van der Waals surface area contributed by atoms with Crippen LogP contribution in [0.4, 0.5) is 0 Å². The molecule has 6 nitrogen and oxygen atoms in total. The van der Waals surface area contributed by atoms with E-state index in [9.17, 15) is 9.59 Å². The van der Waals surface area contributed by atoms with E-state index in [1.54, 1.807) is 0 Å². The van der Waals surface area contributed by atoms with E-state index >= 15 is 0 Å². The number of amides is 2. The second-order valence-corrected chi connectivity index (χ2v) is 4.88. The van der Waals surface area contributed by atoms with Gasteiger partial charge in [-0.1, -0.05) is 0 Å². The number of likely N-dealkylation sites (N-methyl/N-ethyl adjacent to an activating group) is 2. The van der Waals surface area contributed by atoms with Crippen LogP contribution in [-0.4, -0.2) is 75.0 Å². The maximum atomic E-state index is 11.5. The van der Waals surface area contributed by atoms with Gasteiger partial charge < -0.3 is 10.6 Å². The Bertz CT molecular complexity index is 257. The van der Waals surface area contributed by atoms with E-state index in [-0.39, 0.29) is 11.8 Å². The highest BCUT2D eigenvalue weighted by Gasteiger charge is 2.09. The lowest BCUT2D eigenvalue weighted by Crippen LogP contribution is -2.40. The topological polar surface area (TPSA) is 64.7 Å². The molecule has 1 heterocycles. The summed E-state index contributed by atoms with van der Waals surface area (Å²) in [7, 11) is 3.89. The van der Waals surface area contributed by atoms with Gasteiger partial charge in [-0.2, -0.15) is 0 Å². The van der Waals surface area contributed by atoms with Crippen LogP contribution in [0.1, 0.15) is 12.8 Å². The molecular weight excluding hydrogens is 232 g/mol. The average Bonchev–Trinajstić information content (AvgIpc) is 2.27. The molecule has 0 aromatic rings. The maximum Gasteiger partial charge on any atom is 0.234 e. The van der Waals surface area contributed by atoms with E-state index in [1.807, 2.05) is 23.9 Å². The van der Waals surface area contributed by atoms with Crippen molar-refractivity contribution in [1.82, 2.24) is 20.4 Å². The molecule has 1 fully saturated rings. The van der Waals surface area contributed by atoms with Crippen molar-refractivity contribution in [2.24, 2.45) is 0 Å². The van der Waals surface area contributed by atoms with Crippen LogP contribution in [0.3, 0.4) is 0 Å². The molecule has 1 saturated heterocycles. The van der Waals surface area contributed by atoms with E-state index in [2.05, 4.69) is 10.6 Å². The molecule has 1 aliphatic rings. The van der Waals surface area contributed by atoms with Gasteiger partial charge in [0.25, 0.3) is 0 Å². The van der Waals surface area contributed by atoms with Gasteiger partial charge in [0.2, 0.25) is 11.8 Å². The fourth-order valence-corrected chi connectivity index (χ4v) is 1.91. The normalized spacial score (nSPS) is 23.0. The Morgan fingerprint density at radius 1 is 0.833 bits per heavy atom. The summed E-state index contributed by atoms with van der Waals surface area (Å²) < 4.78 is 0. The number of nitrogens with one attached hydrogen (secondary N) is 2. The van der Waals surface area contributed by atoms with Gasteiger partial charge in [-0.15, -0.1) is 0 Å². The lowest BCUT2D eigenvalue weighted by molar-refractivity contribution is -0.122. The Balaban J connectivity index is 2.42. The minimum absolute atomic E-state index is 0.0502. The molecule has 0 aromatic heterocycles. The zero-order valence-electron chi connectivity index (χ0n) is 11.4. The largest absolute Gasteiger partial charge is 0.355 e. The summed E-state index contributed by atoms with van der Waals surface area (Å²) in [6, 6.07) is 0. The molecule has 0 bridgehead atoms. The van der Waals surface area contributed by atoms with Gasteiger partial charge in [-0.25, -0.2) is 0 Å². The fraction of sp³-hybridized carbons (Fsp3) is 0.833. The van der Waals surface area contributed by atoms with Crippen LogP contribution in [0.2, 0.25) is 0 Å². The summed E-state index contributed by atoms with van der Waals surface area (Å²) >= 11 is 0. The number of nitrogens with zero attached hydrogens (tertiary/aromatic N) is 2. The van der Waals surface area contributed by atoms with Gasteiger partial charge in [-0.05, 0) is 40.0 Å². The van der Waals surface area contributed by atoms with Gasteiger partial charge in [0.05, 0.1) is 13.1 Å². The molecule has 1 aliphatic heterocycles. The highest BCUT2D eigenvalue weighted by atomic mass is 16.2. The third-order valence-electron chi connectivity index (χ3n) is 2.90. The average molecular weight is 256 g/mol. The molecule has 0 aliphatic carbocycles. The third kappa shape index (κ3) is 6.56. The maximum absolute atomic E-state index is 11.5. The summed E-state index contributed by atoms with van der Waals surface area (Å²) in [5, 5.41) is 5.70. The van der Waals surface area contributed by atoms with Crippen LogP contribution >= 0.6 is 0 Å². The van der Waals surface area contributed by atoms with Crippen molar-refractivity contribution >= 4 is 11.8 Å². The second-order valence-electron chi connectivity index (χ2n) is 4.88. The van der Waals surface area contributed by atoms with Gasteiger partial charge in [0, 0.05) is 13.1 Å². The number of hydrogen-bond donors (Lipinski definition) is 2. The first kappa shape index (κ1) is 14.9. The first-order valence-corrected chi connectivity index (χ1v) is 6.48. The van der Waals surface area contributed by atoms with E-state index in [1.165, 1.54) is 0 Å². The number of carbonyl (C=O) groups excluding carboxylic acids is 2. The molecular formula is C12H24N4O2. The molecule has 0 unspecified atom stereocenters. The highest BCUT2D eigenvalue weighted by molar-refractivity contribution is 5.78. The van der Waals surface area contributed by atoms with Crippen LogP contribution in [-0.2, 0) is 9.59 Å². The van der Waals surface area contributed by atoms with Gasteiger partial charge in [-0.3, -0.25) is 19.4 Å². The van der Waals surface area contributed by atoms with E-state index < -0.39 is 0 Å². The minimum atomic E-state index is 0.0502. The molecule has 104 valence electrons. The smallest absolute Gasteiger partial charge is 0.234 e. The van der Waals surface area contributed by atoms with Crippen molar-refractivity contribution < 1.29 is 9.59 Å². The molecule has 18 heavy (non-hydrogen) atoms. The number of rotatable bonds is 0. The monoisotopic (exact) mass is 256 g/mol. The van der Waals surface area contributed by atoms with Crippen LogP contribution < -0.4 is 10.6 Å². The zero-order chi connectivity index (χ0) is 13.4. The predicted molar refractivity (Wildman–Crippen MR) is 70.2 cm³/mol. The Labute approximate surface area is 109 Å². The van der Waals surface area contributed by atoms with Gasteiger partial charge in [0.1, 0.15) is 0 Å². The molecule has 0 aromatic carbocycles. The lowest BCUT2D eigenvalue weighted by atomic mass is 10.3. The Morgan fingerprint density at radius 2 is 1.28 bits per heavy atom. The molecule has 0 atom stereocenters. The molecule has 2 amide bonds. The number of carbonyl (C=O) groups is 2. The first-order valence-electron chi connectivity index (χ1n) is 6.48.